The lowest BCUT2D eigenvalue weighted by atomic mass is 10.2. The van der Waals surface area contributed by atoms with Crippen molar-refractivity contribution >= 4 is 21.7 Å². The van der Waals surface area contributed by atoms with E-state index in [1.165, 1.54) is 0 Å². The standard InChI is InChI=1S/C9H14BrN3O/c1-5(4-14-3)9-12-6(2)7(10)8(11)13-9/h5H,4H2,1-3H3,(H2,11,12,13). The third-order valence-corrected chi connectivity index (χ3v) is 2.90. The molecular formula is C9H14BrN3O. The zero-order valence-electron chi connectivity index (χ0n) is 8.54. The number of aromatic nitrogens is 2. The van der Waals surface area contributed by atoms with Gasteiger partial charge in [0.25, 0.3) is 0 Å². The van der Waals surface area contributed by atoms with Crippen molar-refractivity contribution in [2.75, 3.05) is 19.5 Å². The van der Waals surface area contributed by atoms with Crippen molar-refractivity contribution in [3.8, 4) is 0 Å². The van der Waals surface area contributed by atoms with Crippen LogP contribution in [0.3, 0.4) is 0 Å². The van der Waals surface area contributed by atoms with Crippen LogP contribution in [0.25, 0.3) is 0 Å². The average Bonchev–Trinajstić information content (AvgIpc) is 2.13. The maximum Gasteiger partial charge on any atom is 0.141 e. The molecule has 0 spiro atoms. The largest absolute Gasteiger partial charge is 0.384 e. The zero-order valence-corrected chi connectivity index (χ0v) is 10.1. The normalized spacial score (nSPS) is 12.9. The Bertz CT molecular complexity index is 307. The van der Waals surface area contributed by atoms with Gasteiger partial charge in [0.15, 0.2) is 0 Å². The molecule has 0 aliphatic heterocycles. The smallest absolute Gasteiger partial charge is 0.141 e. The fourth-order valence-electron chi connectivity index (χ4n) is 1.15. The summed E-state index contributed by atoms with van der Waals surface area (Å²) in [6, 6.07) is 0. The Balaban J connectivity index is 3.00. The van der Waals surface area contributed by atoms with E-state index < -0.39 is 0 Å². The second-order valence-electron chi connectivity index (χ2n) is 3.22. The van der Waals surface area contributed by atoms with Gasteiger partial charge in [-0.15, -0.1) is 0 Å². The fourth-order valence-corrected chi connectivity index (χ4v) is 1.33. The highest BCUT2D eigenvalue weighted by Crippen LogP contribution is 2.22. The van der Waals surface area contributed by atoms with Crippen LogP contribution in [-0.2, 0) is 4.74 Å². The molecule has 5 heteroatoms. The molecule has 0 saturated heterocycles. The molecule has 14 heavy (non-hydrogen) atoms. The quantitative estimate of drug-likeness (QED) is 0.901. The minimum atomic E-state index is 0.161. The topological polar surface area (TPSA) is 61.0 Å². The molecule has 1 atom stereocenters. The molecule has 1 aromatic rings. The van der Waals surface area contributed by atoms with Crippen molar-refractivity contribution in [3.05, 3.63) is 16.0 Å². The van der Waals surface area contributed by atoms with Crippen LogP contribution in [0.4, 0.5) is 5.82 Å². The van der Waals surface area contributed by atoms with Crippen molar-refractivity contribution in [2.24, 2.45) is 0 Å². The molecule has 0 fully saturated rings. The van der Waals surface area contributed by atoms with E-state index in [1.807, 2.05) is 13.8 Å². The molecule has 0 aliphatic carbocycles. The monoisotopic (exact) mass is 259 g/mol. The summed E-state index contributed by atoms with van der Waals surface area (Å²) < 4.78 is 5.80. The van der Waals surface area contributed by atoms with Crippen molar-refractivity contribution in [1.29, 1.82) is 0 Å². The van der Waals surface area contributed by atoms with Gasteiger partial charge in [-0.2, -0.15) is 0 Å². The second-order valence-corrected chi connectivity index (χ2v) is 4.02. The summed E-state index contributed by atoms with van der Waals surface area (Å²) in [4.78, 5) is 8.53. The number of rotatable bonds is 3. The molecule has 0 saturated carbocycles. The number of nitrogen functional groups attached to an aromatic ring is 1. The summed E-state index contributed by atoms with van der Waals surface area (Å²) in [6.07, 6.45) is 0. The molecule has 0 radical (unpaired) electrons. The van der Waals surface area contributed by atoms with Gasteiger partial charge in [0, 0.05) is 13.0 Å². The Kier molecular flexibility index (Phi) is 3.83. The van der Waals surface area contributed by atoms with Gasteiger partial charge in [0.05, 0.1) is 16.8 Å². The number of ether oxygens (including phenoxy) is 1. The van der Waals surface area contributed by atoms with Gasteiger partial charge in [0.1, 0.15) is 11.6 Å². The summed E-state index contributed by atoms with van der Waals surface area (Å²) in [5.41, 5.74) is 6.57. The highest BCUT2D eigenvalue weighted by molar-refractivity contribution is 9.10. The van der Waals surface area contributed by atoms with Crippen molar-refractivity contribution < 1.29 is 4.74 Å². The van der Waals surface area contributed by atoms with E-state index in [0.717, 1.165) is 16.0 Å². The molecule has 0 aliphatic rings. The molecule has 1 heterocycles. The first kappa shape index (κ1) is 11.4. The molecule has 4 nitrogen and oxygen atoms in total. The molecule has 1 unspecified atom stereocenters. The Morgan fingerprint density at radius 2 is 2.14 bits per heavy atom. The summed E-state index contributed by atoms with van der Waals surface area (Å²) in [6.45, 7) is 4.50. The van der Waals surface area contributed by atoms with E-state index in [0.29, 0.717) is 12.4 Å². The maximum absolute atomic E-state index is 5.72. The second kappa shape index (κ2) is 4.70. The van der Waals surface area contributed by atoms with E-state index in [4.69, 9.17) is 10.5 Å². The third kappa shape index (κ3) is 2.42. The molecule has 1 rings (SSSR count). The number of hydrogen-bond donors (Lipinski definition) is 1. The van der Waals surface area contributed by atoms with Crippen LogP contribution in [0, 0.1) is 6.92 Å². The predicted molar refractivity (Wildman–Crippen MR) is 59.2 cm³/mol. The third-order valence-electron chi connectivity index (χ3n) is 1.92. The fraction of sp³-hybridized carbons (Fsp3) is 0.556. The minimum Gasteiger partial charge on any atom is -0.384 e. The van der Waals surface area contributed by atoms with Gasteiger partial charge in [0.2, 0.25) is 0 Å². The van der Waals surface area contributed by atoms with Crippen molar-refractivity contribution in [2.45, 2.75) is 19.8 Å². The minimum absolute atomic E-state index is 0.161. The van der Waals surface area contributed by atoms with Crippen LogP contribution < -0.4 is 5.73 Å². The lowest BCUT2D eigenvalue weighted by Gasteiger charge is -2.11. The lowest BCUT2D eigenvalue weighted by Crippen LogP contribution is -2.10. The summed E-state index contributed by atoms with van der Waals surface area (Å²) in [7, 11) is 1.66. The van der Waals surface area contributed by atoms with Crippen LogP contribution in [-0.4, -0.2) is 23.7 Å². The Morgan fingerprint density at radius 1 is 1.50 bits per heavy atom. The van der Waals surface area contributed by atoms with E-state index in [2.05, 4.69) is 25.9 Å². The molecular weight excluding hydrogens is 246 g/mol. The van der Waals surface area contributed by atoms with Crippen molar-refractivity contribution in [3.63, 3.8) is 0 Å². The number of hydrogen-bond acceptors (Lipinski definition) is 4. The Hall–Kier alpha value is -0.680. The highest BCUT2D eigenvalue weighted by Gasteiger charge is 2.12. The molecule has 0 aromatic carbocycles. The number of nitrogens with zero attached hydrogens (tertiary/aromatic N) is 2. The van der Waals surface area contributed by atoms with Crippen LogP contribution in [0.2, 0.25) is 0 Å². The predicted octanol–water partition coefficient (Wildman–Crippen LogP) is 1.88. The van der Waals surface area contributed by atoms with Crippen LogP contribution >= 0.6 is 15.9 Å². The first-order valence-electron chi connectivity index (χ1n) is 4.34. The molecule has 1 aromatic heterocycles. The van der Waals surface area contributed by atoms with Gasteiger partial charge in [-0.05, 0) is 22.9 Å². The molecule has 0 bridgehead atoms. The van der Waals surface area contributed by atoms with Gasteiger partial charge >= 0.3 is 0 Å². The summed E-state index contributed by atoms with van der Waals surface area (Å²) in [5, 5.41) is 0. The van der Waals surface area contributed by atoms with Crippen LogP contribution in [0.5, 0.6) is 0 Å². The Morgan fingerprint density at radius 3 is 2.64 bits per heavy atom. The average molecular weight is 260 g/mol. The summed E-state index contributed by atoms with van der Waals surface area (Å²) >= 11 is 3.32. The number of methoxy groups -OCH3 is 1. The number of halogens is 1. The molecule has 2 N–H and O–H groups in total. The SMILES string of the molecule is COCC(C)c1nc(C)c(Br)c(N)n1. The van der Waals surface area contributed by atoms with Gasteiger partial charge in [-0.3, -0.25) is 0 Å². The molecule has 0 amide bonds. The maximum atomic E-state index is 5.72. The first-order valence-corrected chi connectivity index (χ1v) is 5.14. The van der Waals surface area contributed by atoms with Crippen LogP contribution in [0.1, 0.15) is 24.4 Å². The van der Waals surface area contributed by atoms with E-state index in [-0.39, 0.29) is 5.92 Å². The van der Waals surface area contributed by atoms with E-state index in [1.54, 1.807) is 7.11 Å². The molecule has 78 valence electrons. The summed E-state index contributed by atoms with van der Waals surface area (Å²) in [5.74, 6) is 1.37. The van der Waals surface area contributed by atoms with E-state index >= 15 is 0 Å². The van der Waals surface area contributed by atoms with Gasteiger partial charge in [-0.25, -0.2) is 9.97 Å². The van der Waals surface area contributed by atoms with Crippen LogP contribution in [0.15, 0.2) is 4.47 Å². The first-order chi connectivity index (χ1) is 6.56. The number of aryl methyl sites for hydroxylation is 1. The number of anilines is 1. The highest BCUT2D eigenvalue weighted by atomic mass is 79.9. The van der Waals surface area contributed by atoms with Crippen molar-refractivity contribution in [1.82, 2.24) is 9.97 Å². The number of nitrogens with two attached hydrogens (primary N) is 1. The van der Waals surface area contributed by atoms with E-state index in [9.17, 15) is 0 Å². The van der Waals surface area contributed by atoms with Gasteiger partial charge in [-0.1, -0.05) is 6.92 Å². The van der Waals surface area contributed by atoms with Gasteiger partial charge < -0.3 is 10.5 Å². The Labute approximate surface area is 92.0 Å². The lowest BCUT2D eigenvalue weighted by molar-refractivity contribution is 0.181. The zero-order chi connectivity index (χ0) is 10.7.